The van der Waals surface area contributed by atoms with Crippen molar-refractivity contribution < 1.29 is 23.9 Å². The molecule has 1 aromatic carbocycles. The van der Waals surface area contributed by atoms with Gasteiger partial charge < -0.3 is 19.7 Å². The first-order valence-corrected chi connectivity index (χ1v) is 13.5. The molecule has 0 unspecified atom stereocenters. The molecule has 202 valence electrons. The second-order valence-electron chi connectivity index (χ2n) is 8.62. The summed E-state index contributed by atoms with van der Waals surface area (Å²) in [5.74, 6) is 0.0712. The number of hydrogen-bond acceptors (Lipinski definition) is 9. The number of carbonyl (C=O) groups is 3. The predicted molar refractivity (Wildman–Crippen MR) is 148 cm³/mol. The van der Waals surface area contributed by atoms with Crippen molar-refractivity contribution in [1.29, 1.82) is 0 Å². The normalized spacial score (nSPS) is 10.7. The van der Waals surface area contributed by atoms with Crippen LogP contribution in [0.15, 0.2) is 36.0 Å². The third-order valence-corrected chi connectivity index (χ3v) is 7.84. The van der Waals surface area contributed by atoms with Gasteiger partial charge in [-0.25, -0.2) is 4.79 Å². The van der Waals surface area contributed by atoms with Gasteiger partial charge in [0.25, 0.3) is 5.91 Å². The number of nitrogens with zero attached hydrogens (tertiary/aromatic N) is 4. The van der Waals surface area contributed by atoms with Crippen LogP contribution in [0, 0.1) is 20.8 Å². The Morgan fingerprint density at radius 3 is 2.55 bits per heavy atom. The van der Waals surface area contributed by atoms with Crippen molar-refractivity contribution in [2.45, 2.75) is 39.1 Å². The third-order valence-electron chi connectivity index (χ3n) is 5.67. The van der Waals surface area contributed by atoms with Gasteiger partial charge in [-0.1, -0.05) is 23.9 Å². The SMILES string of the molecule is C=CCn1c(COc2ccc(C)c(C)c2)nnc1SCC(=O)Nc1sc(C(=O)N(C)C)c(C)c1C(=O)OC. The van der Waals surface area contributed by atoms with E-state index >= 15 is 0 Å². The Hall–Kier alpha value is -3.64. The Morgan fingerprint density at radius 1 is 1.18 bits per heavy atom. The Labute approximate surface area is 230 Å². The summed E-state index contributed by atoms with van der Waals surface area (Å²) in [5, 5.41) is 12.0. The van der Waals surface area contributed by atoms with Crippen molar-refractivity contribution in [3.63, 3.8) is 0 Å². The third kappa shape index (κ3) is 6.62. The summed E-state index contributed by atoms with van der Waals surface area (Å²) >= 11 is 2.23. The molecular formula is C26H31N5O5S2. The second-order valence-corrected chi connectivity index (χ2v) is 10.6. The number of thioether (sulfide) groups is 1. The fraction of sp³-hybridized carbons (Fsp3) is 0.346. The molecule has 3 aromatic rings. The van der Waals surface area contributed by atoms with Crippen molar-refractivity contribution in [1.82, 2.24) is 19.7 Å². The molecule has 2 heterocycles. The van der Waals surface area contributed by atoms with Crippen LogP contribution < -0.4 is 10.1 Å². The molecule has 0 aliphatic carbocycles. The van der Waals surface area contributed by atoms with Gasteiger partial charge >= 0.3 is 5.97 Å². The van der Waals surface area contributed by atoms with E-state index in [0.29, 0.717) is 28.0 Å². The van der Waals surface area contributed by atoms with Crippen molar-refractivity contribution in [2.75, 3.05) is 32.3 Å². The number of ether oxygens (including phenoxy) is 2. The average Bonchev–Trinajstić information content (AvgIpc) is 3.42. The lowest BCUT2D eigenvalue weighted by Crippen LogP contribution is -2.21. The van der Waals surface area contributed by atoms with E-state index in [1.54, 1.807) is 27.1 Å². The highest BCUT2D eigenvalue weighted by atomic mass is 32.2. The predicted octanol–water partition coefficient (Wildman–Crippen LogP) is 4.25. The molecule has 12 heteroatoms. The van der Waals surface area contributed by atoms with Crippen LogP contribution >= 0.6 is 23.1 Å². The highest BCUT2D eigenvalue weighted by Crippen LogP contribution is 2.34. The Kier molecular flexibility index (Phi) is 9.70. The summed E-state index contributed by atoms with van der Waals surface area (Å²) in [4.78, 5) is 39.6. The number of methoxy groups -OCH3 is 1. The van der Waals surface area contributed by atoms with Gasteiger partial charge in [-0.05, 0) is 49.6 Å². The molecule has 0 saturated carbocycles. The zero-order valence-corrected chi connectivity index (χ0v) is 23.9. The van der Waals surface area contributed by atoms with Gasteiger partial charge in [0, 0.05) is 20.6 Å². The van der Waals surface area contributed by atoms with Crippen LogP contribution in [-0.4, -0.2) is 64.4 Å². The summed E-state index contributed by atoms with van der Waals surface area (Å²) in [6.45, 7) is 10.2. The maximum atomic E-state index is 12.8. The number of benzene rings is 1. The number of thiophene rings is 1. The van der Waals surface area contributed by atoms with E-state index in [0.717, 1.165) is 22.6 Å². The molecule has 2 aromatic heterocycles. The molecule has 38 heavy (non-hydrogen) atoms. The number of carbonyl (C=O) groups excluding carboxylic acids is 3. The van der Waals surface area contributed by atoms with Crippen molar-refractivity contribution in [3.8, 4) is 5.75 Å². The smallest absolute Gasteiger partial charge is 0.341 e. The maximum absolute atomic E-state index is 12.8. The molecule has 0 aliphatic heterocycles. The number of aryl methyl sites for hydroxylation is 2. The first kappa shape index (κ1) is 28.9. The number of rotatable bonds is 11. The van der Waals surface area contributed by atoms with Gasteiger partial charge in [0.15, 0.2) is 11.0 Å². The maximum Gasteiger partial charge on any atom is 0.341 e. The Morgan fingerprint density at radius 2 is 1.92 bits per heavy atom. The van der Waals surface area contributed by atoms with Crippen LogP contribution in [0.2, 0.25) is 0 Å². The number of esters is 1. The minimum absolute atomic E-state index is 0.00180. The van der Waals surface area contributed by atoms with Crippen LogP contribution in [-0.2, 0) is 22.7 Å². The topological polar surface area (TPSA) is 116 Å². The standard InChI is InChI=1S/C26H31N5O5S2/c1-8-11-31-19(13-36-18-10-9-15(2)16(3)12-18)28-29-26(31)37-14-20(32)27-23-21(25(34)35-7)17(4)22(38-23)24(33)30(5)6/h8-10,12H,1,11,13-14H2,2-7H3,(H,27,32). The molecule has 0 bridgehead atoms. The fourth-order valence-electron chi connectivity index (χ4n) is 3.45. The molecule has 0 radical (unpaired) electrons. The molecular weight excluding hydrogens is 526 g/mol. The number of nitrogens with one attached hydrogen (secondary N) is 1. The zero-order chi connectivity index (χ0) is 28.0. The van der Waals surface area contributed by atoms with Crippen LogP contribution in [0.25, 0.3) is 0 Å². The lowest BCUT2D eigenvalue weighted by Gasteiger charge is -2.10. The van der Waals surface area contributed by atoms with Crippen molar-refractivity contribution >= 4 is 45.9 Å². The molecule has 2 amide bonds. The first-order chi connectivity index (χ1) is 18.1. The van der Waals surface area contributed by atoms with Gasteiger partial charge in [0.05, 0.1) is 23.3 Å². The number of allylic oxidation sites excluding steroid dienone is 1. The van der Waals surface area contributed by atoms with Gasteiger partial charge in [0.1, 0.15) is 17.4 Å². The molecule has 0 saturated heterocycles. The minimum atomic E-state index is -0.626. The van der Waals surface area contributed by atoms with Gasteiger partial charge in [0.2, 0.25) is 5.91 Å². The summed E-state index contributed by atoms with van der Waals surface area (Å²) in [7, 11) is 4.49. The molecule has 0 aliphatic rings. The molecule has 0 fully saturated rings. The highest BCUT2D eigenvalue weighted by molar-refractivity contribution is 7.99. The van der Waals surface area contributed by atoms with E-state index in [-0.39, 0.29) is 34.7 Å². The molecule has 3 rings (SSSR count). The largest absolute Gasteiger partial charge is 0.486 e. The van der Waals surface area contributed by atoms with Gasteiger partial charge in [-0.3, -0.25) is 14.2 Å². The monoisotopic (exact) mass is 557 g/mol. The van der Waals surface area contributed by atoms with Crippen LogP contribution in [0.4, 0.5) is 5.00 Å². The van der Waals surface area contributed by atoms with E-state index in [1.165, 1.54) is 29.3 Å². The number of anilines is 1. The van der Waals surface area contributed by atoms with E-state index in [9.17, 15) is 14.4 Å². The van der Waals surface area contributed by atoms with Crippen LogP contribution in [0.3, 0.4) is 0 Å². The van der Waals surface area contributed by atoms with Crippen molar-refractivity contribution in [2.24, 2.45) is 0 Å². The second kappa shape index (κ2) is 12.7. The number of amides is 2. The first-order valence-electron chi connectivity index (χ1n) is 11.7. The Bertz CT molecular complexity index is 1360. The van der Waals surface area contributed by atoms with Crippen LogP contribution in [0.1, 0.15) is 42.5 Å². The summed E-state index contributed by atoms with van der Waals surface area (Å²) < 4.78 is 12.6. The number of aromatic nitrogens is 3. The molecule has 1 N–H and O–H groups in total. The van der Waals surface area contributed by atoms with Gasteiger partial charge in [-0.2, -0.15) is 0 Å². The number of hydrogen-bond donors (Lipinski definition) is 1. The lowest BCUT2D eigenvalue weighted by atomic mass is 10.1. The highest BCUT2D eigenvalue weighted by Gasteiger charge is 2.27. The van der Waals surface area contributed by atoms with E-state index < -0.39 is 5.97 Å². The van der Waals surface area contributed by atoms with E-state index in [4.69, 9.17) is 9.47 Å². The quantitative estimate of drug-likeness (QED) is 0.211. The Balaban J connectivity index is 1.72. The van der Waals surface area contributed by atoms with E-state index in [1.807, 2.05) is 36.6 Å². The lowest BCUT2D eigenvalue weighted by molar-refractivity contribution is -0.113. The fourth-order valence-corrected chi connectivity index (χ4v) is 5.45. The van der Waals surface area contributed by atoms with E-state index in [2.05, 4.69) is 22.1 Å². The van der Waals surface area contributed by atoms with Crippen LogP contribution in [0.5, 0.6) is 5.75 Å². The van der Waals surface area contributed by atoms with Crippen molar-refractivity contribution in [3.05, 3.63) is 63.8 Å². The van der Waals surface area contributed by atoms with Gasteiger partial charge in [-0.15, -0.1) is 28.1 Å². The zero-order valence-electron chi connectivity index (χ0n) is 22.3. The molecule has 0 atom stereocenters. The summed E-state index contributed by atoms with van der Waals surface area (Å²) in [6, 6.07) is 5.87. The summed E-state index contributed by atoms with van der Waals surface area (Å²) in [6.07, 6.45) is 1.72. The summed E-state index contributed by atoms with van der Waals surface area (Å²) in [5.41, 5.74) is 2.94. The minimum Gasteiger partial charge on any atom is -0.486 e. The molecule has 0 spiro atoms. The average molecular weight is 558 g/mol. The molecule has 10 nitrogen and oxygen atoms in total.